The van der Waals surface area contributed by atoms with Crippen LogP contribution in [0, 0.1) is 6.92 Å². The summed E-state index contributed by atoms with van der Waals surface area (Å²) in [5.41, 5.74) is 3.03. The predicted molar refractivity (Wildman–Crippen MR) is 94.8 cm³/mol. The number of aromatic nitrogens is 1. The van der Waals surface area contributed by atoms with Gasteiger partial charge in [0, 0.05) is 18.1 Å². The lowest BCUT2D eigenvalue weighted by molar-refractivity contribution is 0.534. The van der Waals surface area contributed by atoms with Crippen molar-refractivity contribution in [3.8, 4) is 22.6 Å². The summed E-state index contributed by atoms with van der Waals surface area (Å²) in [6.45, 7) is 9.87. The minimum absolute atomic E-state index is 0.688. The van der Waals surface area contributed by atoms with Gasteiger partial charge in [-0.15, -0.1) is 0 Å². The number of aryl methyl sites for hydroxylation is 1. The lowest BCUT2D eigenvalue weighted by atomic mass is 10.1. The first kappa shape index (κ1) is 17.7. The number of rotatable bonds is 2. The Morgan fingerprint density at radius 3 is 1.64 bits per heavy atom. The predicted octanol–water partition coefficient (Wildman–Crippen LogP) is 6.37. The molecule has 0 unspecified atom stereocenters. The van der Waals surface area contributed by atoms with E-state index in [0.29, 0.717) is 5.89 Å². The van der Waals surface area contributed by atoms with Crippen LogP contribution in [-0.4, -0.2) is 4.98 Å². The molecule has 0 aliphatic heterocycles. The molecule has 0 radical (unpaired) electrons. The third-order valence-corrected chi connectivity index (χ3v) is 2.82. The zero-order chi connectivity index (χ0) is 16.4. The van der Waals surface area contributed by atoms with E-state index in [2.05, 4.69) is 4.98 Å². The van der Waals surface area contributed by atoms with E-state index in [9.17, 15) is 0 Å². The zero-order valence-corrected chi connectivity index (χ0v) is 14.1. The van der Waals surface area contributed by atoms with Gasteiger partial charge in [-0.3, -0.25) is 0 Å². The Morgan fingerprint density at radius 2 is 1.14 bits per heavy atom. The van der Waals surface area contributed by atoms with E-state index >= 15 is 0 Å². The third-order valence-electron chi connectivity index (χ3n) is 2.82. The van der Waals surface area contributed by atoms with Gasteiger partial charge in [0.2, 0.25) is 0 Å². The molecule has 0 aliphatic carbocycles. The largest absolute Gasteiger partial charge is 0.440 e. The van der Waals surface area contributed by atoms with E-state index in [1.807, 2.05) is 95.3 Å². The molecule has 1 heterocycles. The van der Waals surface area contributed by atoms with Gasteiger partial charge in [0.05, 0.1) is 0 Å². The molecule has 3 rings (SSSR count). The summed E-state index contributed by atoms with van der Waals surface area (Å²) in [6, 6.07) is 20.2. The van der Waals surface area contributed by atoms with Crippen LogP contribution in [0.5, 0.6) is 0 Å². The van der Waals surface area contributed by atoms with Crippen LogP contribution in [0.2, 0.25) is 0 Å². The topological polar surface area (TPSA) is 26.0 Å². The number of nitrogens with zero attached hydrogens (tertiary/aromatic N) is 1. The van der Waals surface area contributed by atoms with Gasteiger partial charge in [0.1, 0.15) is 5.69 Å². The smallest absolute Gasteiger partial charge is 0.192 e. The molecule has 0 N–H and O–H groups in total. The zero-order valence-electron chi connectivity index (χ0n) is 14.1. The van der Waals surface area contributed by atoms with E-state index < -0.39 is 0 Å². The van der Waals surface area contributed by atoms with Gasteiger partial charge in [0.25, 0.3) is 0 Å². The summed E-state index contributed by atoms with van der Waals surface area (Å²) >= 11 is 0. The molecule has 2 heteroatoms. The Hall–Kier alpha value is -2.35. The average Bonchev–Trinajstić information content (AvgIpc) is 3.02. The van der Waals surface area contributed by atoms with Crippen molar-refractivity contribution < 1.29 is 4.42 Å². The Kier molecular flexibility index (Phi) is 7.69. The first-order valence-corrected chi connectivity index (χ1v) is 7.93. The fourth-order valence-electron chi connectivity index (χ4n) is 2.00. The van der Waals surface area contributed by atoms with E-state index in [-0.39, 0.29) is 0 Å². The van der Waals surface area contributed by atoms with Crippen LogP contribution in [0.25, 0.3) is 22.6 Å². The van der Waals surface area contributed by atoms with Gasteiger partial charge in [-0.25, -0.2) is 4.98 Å². The standard InChI is InChI=1S/C16H13NO.2C2H6/c1-12-17-15(13-8-4-2-5-9-13)16(18-12)14-10-6-3-7-11-14;2*1-2/h2-11H,1H3;2*1-2H3. The van der Waals surface area contributed by atoms with E-state index in [1.54, 1.807) is 0 Å². The van der Waals surface area contributed by atoms with Crippen molar-refractivity contribution in [1.82, 2.24) is 4.98 Å². The molecule has 0 amide bonds. The van der Waals surface area contributed by atoms with Crippen molar-refractivity contribution in [3.63, 3.8) is 0 Å². The maximum Gasteiger partial charge on any atom is 0.192 e. The molecule has 22 heavy (non-hydrogen) atoms. The molecule has 2 nitrogen and oxygen atoms in total. The highest BCUT2D eigenvalue weighted by atomic mass is 16.4. The number of hydrogen-bond donors (Lipinski definition) is 0. The molecular weight excluding hydrogens is 270 g/mol. The van der Waals surface area contributed by atoms with Crippen molar-refractivity contribution in [2.75, 3.05) is 0 Å². The molecule has 0 fully saturated rings. The third kappa shape index (κ3) is 4.32. The monoisotopic (exact) mass is 295 g/mol. The molecule has 0 saturated heterocycles. The van der Waals surface area contributed by atoms with Gasteiger partial charge in [-0.1, -0.05) is 88.4 Å². The number of benzene rings is 2. The summed E-state index contributed by atoms with van der Waals surface area (Å²) < 4.78 is 5.74. The molecule has 116 valence electrons. The van der Waals surface area contributed by atoms with Gasteiger partial charge in [-0.2, -0.15) is 0 Å². The van der Waals surface area contributed by atoms with Crippen LogP contribution < -0.4 is 0 Å². The highest BCUT2D eigenvalue weighted by Crippen LogP contribution is 2.32. The van der Waals surface area contributed by atoms with Crippen molar-refractivity contribution in [1.29, 1.82) is 0 Å². The quantitative estimate of drug-likeness (QED) is 0.549. The van der Waals surface area contributed by atoms with Crippen LogP contribution in [0.4, 0.5) is 0 Å². The minimum Gasteiger partial charge on any atom is -0.440 e. The van der Waals surface area contributed by atoms with Crippen molar-refractivity contribution in [2.45, 2.75) is 34.6 Å². The average molecular weight is 295 g/mol. The molecule has 0 aliphatic rings. The van der Waals surface area contributed by atoms with Gasteiger partial charge in [0.15, 0.2) is 11.7 Å². The second kappa shape index (κ2) is 9.56. The van der Waals surface area contributed by atoms with Gasteiger partial charge in [-0.05, 0) is 0 Å². The van der Waals surface area contributed by atoms with E-state index in [1.165, 1.54) is 0 Å². The second-order valence-corrected chi connectivity index (χ2v) is 4.14. The summed E-state index contributed by atoms with van der Waals surface area (Å²) in [6.07, 6.45) is 0. The van der Waals surface area contributed by atoms with Crippen molar-refractivity contribution in [2.24, 2.45) is 0 Å². The fraction of sp³-hybridized carbons (Fsp3) is 0.250. The van der Waals surface area contributed by atoms with Gasteiger partial charge < -0.3 is 4.42 Å². The number of hydrogen-bond acceptors (Lipinski definition) is 2. The minimum atomic E-state index is 0.688. The fourth-order valence-corrected chi connectivity index (χ4v) is 2.00. The summed E-state index contributed by atoms with van der Waals surface area (Å²) in [5, 5.41) is 0. The van der Waals surface area contributed by atoms with E-state index in [0.717, 1.165) is 22.6 Å². The Balaban J connectivity index is 0.000000561. The second-order valence-electron chi connectivity index (χ2n) is 4.14. The van der Waals surface area contributed by atoms with Gasteiger partial charge >= 0.3 is 0 Å². The Labute approximate surface area is 133 Å². The highest BCUT2D eigenvalue weighted by molar-refractivity contribution is 5.76. The molecular formula is C20H25NO. The SMILES string of the molecule is CC.CC.Cc1nc(-c2ccccc2)c(-c2ccccc2)o1. The molecule has 0 bridgehead atoms. The first-order chi connectivity index (χ1) is 10.8. The molecule has 2 aromatic carbocycles. The maximum atomic E-state index is 5.74. The van der Waals surface area contributed by atoms with E-state index in [4.69, 9.17) is 4.42 Å². The lowest BCUT2D eigenvalue weighted by Crippen LogP contribution is -1.81. The Morgan fingerprint density at radius 1 is 0.682 bits per heavy atom. The lowest BCUT2D eigenvalue weighted by Gasteiger charge is -2.00. The maximum absolute atomic E-state index is 5.74. The van der Waals surface area contributed by atoms with Crippen molar-refractivity contribution in [3.05, 3.63) is 66.6 Å². The molecule has 0 spiro atoms. The van der Waals surface area contributed by atoms with Crippen molar-refractivity contribution >= 4 is 0 Å². The molecule has 0 atom stereocenters. The summed E-state index contributed by atoms with van der Waals surface area (Å²) in [4.78, 5) is 4.49. The highest BCUT2D eigenvalue weighted by Gasteiger charge is 2.14. The van der Waals surface area contributed by atoms with Crippen LogP contribution in [0.1, 0.15) is 33.6 Å². The van der Waals surface area contributed by atoms with Crippen LogP contribution in [0.3, 0.4) is 0 Å². The molecule has 3 aromatic rings. The summed E-state index contributed by atoms with van der Waals surface area (Å²) in [7, 11) is 0. The summed E-state index contributed by atoms with van der Waals surface area (Å²) in [5.74, 6) is 1.52. The molecule has 0 saturated carbocycles. The number of oxazole rings is 1. The normalized spacial score (nSPS) is 9.14. The van der Waals surface area contributed by atoms with Crippen LogP contribution >= 0.6 is 0 Å². The Bertz CT molecular complexity index is 585. The molecule has 1 aromatic heterocycles. The van der Waals surface area contributed by atoms with Crippen LogP contribution in [-0.2, 0) is 0 Å². The first-order valence-electron chi connectivity index (χ1n) is 7.93. The van der Waals surface area contributed by atoms with Crippen LogP contribution in [0.15, 0.2) is 65.1 Å².